The summed E-state index contributed by atoms with van der Waals surface area (Å²) in [7, 11) is 0. The normalized spacial score (nSPS) is 10.1. The molecule has 0 heterocycles. The molecule has 8 heteroatoms. The minimum absolute atomic E-state index is 0.128. The van der Waals surface area contributed by atoms with Gasteiger partial charge in [-0.1, -0.05) is 18.7 Å². The average Bonchev–Trinajstić information content (AvgIpc) is 2.86. The Hall–Kier alpha value is -4.64. The first-order valence-electron chi connectivity index (χ1n) is 10.4. The van der Waals surface area contributed by atoms with Gasteiger partial charge in [-0.2, -0.15) is 5.26 Å². The summed E-state index contributed by atoms with van der Waals surface area (Å²) in [6.07, 6.45) is 1.30. The first kappa shape index (κ1) is 24.0. The van der Waals surface area contributed by atoms with Crippen molar-refractivity contribution >= 4 is 28.9 Å². The number of esters is 2. The summed E-state index contributed by atoms with van der Waals surface area (Å²) in [5, 5.41) is 10.3. The Kier molecular flexibility index (Phi) is 8.36. The van der Waals surface area contributed by atoms with Gasteiger partial charge in [0.1, 0.15) is 11.5 Å². The van der Waals surface area contributed by atoms with Gasteiger partial charge in [-0.15, -0.1) is 0 Å². The quantitative estimate of drug-likeness (QED) is 0.145. The lowest BCUT2D eigenvalue weighted by Crippen LogP contribution is -2.12. The van der Waals surface area contributed by atoms with E-state index in [1.54, 1.807) is 60.7 Å². The SMILES string of the molecule is C=CC(=O)OCCCCOC(=O)Oc1ccc2cc(C(=O)Oc3ccc(C#N)cc3)ccc2c1. The lowest BCUT2D eigenvalue weighted by atomic mass is 10.1. The molecule has 0 aliphatic heterocycles. The third kappa shape index (κ3) is 6.93. The first-order chi connectivity index (χ1) is 16.5. The van der Waals surface area contributed by atoms with Gasteiger partial charge in [0.2, 0.25) is 0 Å². The molecule has 0 fully saturated rings. The molecule has 0 atom stereocenters. The number of carbonyl (C=O) groups is 3. The number of unbranched alkanes of at least 4 members (excludes halogenated alkanes) is 1. The van der Waals surface area contributed by atoms with Crippen molar-refractivity contribution in [3.8, 4) is 17.6 Å². The molecule has 0 aliphatic carbocycles. The zero-order chi connectivity index (χ0) is 24.3. The Morgan fingerprint density at radius 3 is 2.18 bits per heavy atom. The van der Waals surface area contributed by atoms with Crippen molar-refractivity contribution < 1.29 is 33.3 Å². The highest BCUT2D eigenvalue weighted by molar-refractivity contribution is 5.96. The number of benzene rings is 3. The van der Waals surface area contributed by atoms with E-state index in [-0.39, 0.29) is 13.2 Å². The highest BCUT2D eigenvalue weighted by Crippen LogP contribution is 2.23. The lowest BCUT2D eigenvalue weighted by molar-refractivity contribution is -0.137. The van der Waals surface area contributed by atoms with E-state index in [0.717, 1.165) is 16.8 Å². The van der Waals surface area contributed by atoms with Gasteiger partial charge in [0.25, 0.3) is 0 Å². The second-order valence-electron chi connectivity index (χ2n) is 7.03. The molecule has 0 saturated heterocycles. The topological polar surface area (TPSA) is 112 Å². The van der Waals surface area contributed by atoms with Crippen LogP contribution in [0.3, 0.4) is 0 Å². The average molecular weight is 459 g/mol. The molecule has 0 radical (unpaired) electrons. The third-order valence-corrected chi connectivity index (χ3v) is 4.61. The summed E-state index contributed by atoms with van der Waals surface area (Å²) < 4.78 is 20.4. The number of nitrogens with zero attached hydrogens (tertiary/aromatic N) is 1. The number of fused-ring (bicyclic) bond motifs is 1. The van der Waals surface area contributed by atoms with E-state index in [2.05, 4.69) is 6.58 Å². The molecule has 0 N–H and O–H groups in total. The molecular formula is C26H21NO7. The molecule has 3 aromatic carbocycles. The molecule has 3 aromatic rings. The molecule has 0 spiro atoms. The van der Waals surface area contributed by atoms with E-state index in [1.807, 2.05) is 6.07 Å². The number of hydrogen-bond acceptors (Lipinski definition) is 8. The Balaban J connectivity index is 1.51. The number of rotatable bonds is 9. The molecule has 0 amide bonds. The number of nitriles is 1. The highest BCUT2D eigenvalue weighted by atomic mass is 16.7. The zero-order valence-electron chi connectivity index (χ0n) is 18.2. The van der Waals surface area contributed by atoms with Crippen LogP contribution in [0.5, 0.6) is 11.5 Å². The van der Waals surface area contributed by atoms with Crippen molar-refractivity contribution in [2.75, 3.05) is 13.2 Å². The fraction of sp³-hybridized carbons (Fsp3) is 0.154. The number of hydrogen-bond donors (Lipinski definition) is 0. The molecule has 34 heavy (non-hydrogen) atoms. The van der Waals surface area contributed by atoms with Crippen LogP contribution in [0.15, 0.2) is 73.3 Å². The molecule has 8 nitrogen and oxygen atoms in total. The Morgan fingerprint density at radius 1 is 0.824 bits per heavy atom. The van der Waals surface area contributed by atoms with Crippen molar-refractivity contribution in [2.24, 2.45) is 0 Å². The molecule has 0 bridgehead atoms. The van der Waals surface area contributed by atoms with Crippen LogP contribution in [0.2, 0.25) is 0 Å². The predicted molar refractivity (Wildman–Crippen MR) is 122 cm³/mol. The van der Waals surface area contributed by atoms with Gasteiger partial charge in [0, 0.05) is 6.08 Å². The van der Waals surface area contributed by atoms with Gasteiger partial charge >= 0.3 is 18.1 Å². The Morgan fingerprint density at radius 2 is 1.47 bits per heavy atom. The van der Waals surface area contributed by atoms with Gasteiger partial charge in [0.05, 0.1) is 30.4 Å². The van der Waals surface area contributed by atoms with Gasteiger partial charge in [0.15, 0.2) is 0 Å². The number of ether oxygens (including phenoxy) is 4. The van der Waals surface area contributed by atoms with Crippen LogP contribution < -0.4 is 9.47 Å². The molecule has 172 valence electrons. The van der Waals surface area contributed by atoms with E-state index >= 15 is 0 Å². The lowest BCUT2D eigenvalue weighted by Gasteiger charge is -2.08. The van der Waals surface area contributed by atoms with Crippen molar-refractivity contribution in [1.82, 2.24) is 0 Å². The molecular weight excluding hydrogens is 438 g/mol. The summed E-state index contributed by atoms with van der Waals surface area (Å²) >= 11 is 0. The van der Waals surface area contributed by atoms with Gasteiger partial charge in [-0.25, -0.2) is 14.4 Å². The largest absolute Gasteiger partial charge is 0.513 e. The summed E-state index contributed by atoms with van der Waals surface area (Å²) in [5.41, 5.74) is 0.822. The second kappa shape index (κ2) is 11.8. The maximum Gasteiger partial charge on any atom is 0.513 e. The molecule has 0 saturated carbocycles. The Labute approximate surface area is 195 Å². The molecule has 0 unspecified atom stereocenters. The van der Waals surface area contributed by atoms with Crippen LogP contribution in [-0.4, -0.2) is 31.3 Å². The summed E-state index contributed by atoms with van der Waals surface area (Å²) in [5.74, 6) is -0.392. The van der Waals surface area contributed by atoms with Crippen molar-refractivity contribution in [3.05, 3.63) is 84.4 Å². The van der Waals surface area contributed by atoms with E-state index in [9.17, 15) is 14.4 Å². The zero-order valence-corrected chi connectivity index (χ0v) is 18.2. The van der Waals surface area contributed by atoms with Crippen molar-refractivity contribution in [1.29, 1.82) is 5.26 Å². The third-order valence-electron chi connectivity index (χ3n) is 4.61. The summed E-state index contributed by atoms with van der Waals surface area (Å²) in [6.45, 7) is 3.65. The molecule has 3 rings (SSSR count). The van der Waals surface area contributed by atoms with Crippen LogP contribution >= 0.6 is 0 Å². The monoisotopic (exact) mass is 459 g/mol. The van der Waals surface area contributed by atoms with E-state index in [4.69, 9.17) is 24.2 Å². The standard InChI is InChI=1S/C26H21NO7/c1-2-24(28)31-13-3-4-14-32-26(30)34-23-12-9-19-15-21(8-7-20(19)16-23)25(29)33-22-10-5-18(17-27)6-11-22/h2,5-12,15-16H,1,3-4,13-14H2. The minimum atomic E-state index is -0.843. The number of carbonyl (C=O) groups excluding carboxylic acids is 3. The van der Waals surface area contributed by atoms with Crippen molar-refractivity contribution in [3.63, 3.8) is 0 Å². The van der Waals surface area contributed by atoms with Crippen LogP contribution in [-0.2, 0) is 14.3 Å². The molecule has 0 aromatic heterocycles. The molecule has 0 aliphatic rings. The smallest absolute Gasteiger partial charge is 0.463 e. The van der Waals surface area contributed by atoms with Crippen LogP contribution in [0.1, 0.15) is 28.8 Å². The fourth-order valence-corrected chi connectivity index (χ4v) is 2.89. The van der Waals surface area contributed by atoms with E-state index in [1.165, 1.54) is 0 Å². The maximum absolute atomic E-state index is 12.4. The van der Waals surface area contributed by atoms with E-state index in [0.29, 0.717) is 35.5 Å². The highest BCUT2D eigenvalue weighted by Gasteiger charge is 2.11. The Bertz CT molecular complexity index is 1240. The second-order valence-corrected chi connectivity index (χ2v) is 7.03. The van der Waals surface area contributed by atoms with Gasteiger partial charge < -0.3 is 18.9 Å². The maximum atomic E-state index is 12.4. The summed E-state index contributed by atoms with van der Waals surface area (Å²) in [6, 6.07) is 18.2. The van der Waals surface area contributed by atoms with Crippen molar-refractivity contribution in [2.45, 2.75) is 12.8 Å². The van der Waals surface area contributed by atoms with Gasteiger partial charge in [-0.3, -0.25) is 0 Å². The fourth-order valence-electron chi connectivity index (χ4n) is 2.89. The predicted octanol–water partition coefficient (Wildman–Crippen LogP) is 4.96. The first-order valence-corrected chi connectivity index (χ1v) is 10.4. The van der Waals surface area contributed by atoms with Crippen LogP contribution in [0, 0.1) is 11.3 Å². The van der Waals surface area contributed by atoms with E-state index < -0.39 is 18.1 Å². The minimum Gasteiger partial charge on any atom is -0.463 e. The van der Waals surface area contributed by atoms with Gasteiger partial charge in [-0.05, 0) is 72.1 Å². The summed E-state index contributed by atoms with van der Waals surface area (Å²) in [4.78, 5) is 35.2. The van der Waals surface area contributed by atoms with Crippen LogP contribution in [0.4, 0.5) is 4.79 Å². The van der Waals surface area contributed by atoms with Crippen LogP contribution in [0.25, 0.3) is 10.8 Å².